The summed E-state index contributed by atoms with van der Waals surface area (Å²) in [5.41, 5.74) is -0.350. The highest BCUT2D eigenvalue weighted by atomic mass is 19.3. The molecule has 1 aliphatic rings. The third-order valence-corrected chi connectivity index (χ3v) is 2.86. The van der Waals surface area contributed by atoms with Crippen LogP contribution in [-0.2, 0) is 0 Å². The molecule has 0 fully saturated rings. The summed E-state index contributed by atoms with van der Waals surface area (Å²) in [6.07, 6.45) is -9.48. The van der Waals surface area contributed by atoms with Crippen molar-refractivity contribution in [2.75, 3.05) is 0 Å². The van der Waals surface area contributed by atoms with Gasteiger partial charge in [-0.2, -0.15) is 17.6 Å². The Hall–Kier alpha value is -2.58. The summed E-state index contributed by atoms with van der Waals surface area (Å²) in [4.78, 5) is 10.5. The number of carbonyl (C=O) groups excluding carboxylic acids is 1. The van der Waals surface area contributed by atoms with Crippen LogP contribution < -0.4 is 9.47 Å². The van der Waals surface area contributed by atoms with E-state index in [1.807, 2.05) is 0 Å². The highest BCUT2D eigenvalue weighted by Crippen LogP contribution is 2.48. The summed E-state index contributed by atoms with van der Waals surface area (Å²) in [7, 11) is 0. The van der Waals surface area contributed by atoms with Gasteiger partial charge in [-0.15, -0.1) is 0 Å². The topological polar surface area (TPSA) is 48.7 Å². The van der Waals surface area contributed by atoms with E-state index >= 15 is 0 Å². The van der Waals surface area contributed by atoms with E-state index < -0.39 is 29.5 Å². The zero-order valence-electron chi connectivity index (χ0n) is 10.4. The third-order valence-electron chi connectivity index (χ3n) is 2.86. The Bertz CT molecular complexity index is 753. The van der Waals surface area contributed by atoms with Crippen molar-refractivity contribution in [1.29, 1.82) is 0 Å². The van der Waals surface area contributed by atoms with Crippen LogP contribution in [0.15, 0.2) is 28.7 Å². The lowest BCUT2D eigenvalue weighted by atomic mass is 10.1. The maximum atomic E-state index is 13.9. The lowest BCUT2D eigenvalue weighted by Crippen LogP contribution is -2.52. The number of aldehydes is 1. The zero-order chi connectivity index (χ0) is 16.1. The minimum atomic E-state index is -4.93. The molecule has 2 heterocycles. The minimum Gasteiger partial charge on any atom is -0.453 e. The highest BCUT2D eigenvalue weighted by molar-refractivity contribution is 5.73. The van der Waals surface area contributed by atoms with Gasteiger partial charge in [-0.05, 0) is 18.2 Å². The van der Waals surface area contributed by atoms with E-state index in [0.29, 0.717) is 12.4 Å². The summed E-state index contributed by atoms with van der Waals surface area (Å²) in [5, 5.41) is 0. The molecule has 0 atom stereocenters. The van der Waals surface area contributed by atoms with E-state index in [-0.39, 0.29) is 17.1 Å². The van der Waals surface area contributed by atoms with E-state index in [1.165, 1.54) is 12.1 Å². The highest BCUT2D eigenvalue weighted by Gasteiger charge is 2.66. The van der Waals surface area contributed by atoms with Gasteiger partial charge in [0.25, 0.3) is 0 Å². The number of halogens is 5. The summed E-state index contributed by atoms with van der Waals surface area (Å²) in [5.74, 6) is -3.02. The van der Waals surface area contributed by atoms with E-state index in [2.05, 4.69) is 9.47 Å². The van der Waals surface area contributed by atoms with Crippen molar-refractivity contribution < 1.29 is 40.6 Å². The van der Waals surface area contributed by atoms with Crippen molar-refractivity contribution in [2.45, 2.75) is 12.2 Å². The Balaban J connectivity index is 2.09. The van der Waals surface area contributed by atoms with Crippen molar-refractivity contribution in [1.82, 2.24) is 0 Å². The first-order valence-electron chi connectivity index (χ1n) is 5.76. The molecular weight excluding hydrogens is 315 g/mol. The van der Waals surface area contributed by atoms with E-state index in [9.17, 15) is 26.7 Å². The molecule has 3 rings (SSSR count). The average molecular weight is 320 g/mol. The first-order valence-corrected chi connectivity index (χ1v) is 5.76. The molecule has 0 unspecified atom stereocenters. The molecule has 0 spiro atoms. The first kappa shape index (κ1) is 14.4. The van der Waals surface area contributed by atoms with Crippen LogP contribution in [0.25, 0.3) is 11.3 Å². The SMILES string of the molecule is O=Cc1ccc(-c2cc3c(cc2F)OC(F)(F)C(F)(F)O3)o1. The molecule has 0 saturated carbocycles. The normalized spacial score (nSPS) is 18.0. The van der Waals surface area contributed by atoms with Crippen LogP contribution in [0.3, 0.4) is 0 Å². The van der Waals surface area contributed by atoms with Gasteiger partial charge in [0.2, 0.25) is 0 Å². The van der Waals surface area contributed by atoms with Gasteiger partial charge in [0.1, 0.15) is 11.6 Å². The maximum absolute atomic E-state index is 13.9. The minimum absolute atomic E-state index is 0.124. The van der Waals surface area contributed by atoms with Gasteiger partial charge >= 0.3 is 12.2 Å². The van der Waals surface area contributed by atoms with Crippen LogP contribution in [0.1, 0.15) is 10.6 Å². The van der Waals surface area contributed by atoms with Crippen LogP contribution >= 0.6 is 0 Å². The fourth-order valence-corrected chi connectivity index (χ4v) is 1.84. The number of hydrogen-bond donors (Lipinski definition) is 0. The number of ether oxygens (including phenoxy) is 2. The molecule has 0 radical (unpaired) electrons. The Morgan fingerprint density at radius 1 is 0.955 bits per heavy atom. The van der Waals surface area contributed by atoms with Crippen LogP contribution in [0, 0.1) is 5.82 Å². The van der Waals surface area contributed by atoms with Crippen LogP contribution in [0.4, 0.5) is 22.0 Å². The van der Waals surface area contributed by atoms with Crippen LogP contribution in [0.2, 0.25) is 0 Å². The number of furan rings is 1. The van der Waals surface area contributed by atoms with Gasteiger partial charge in [0, 0.05) is 6.07 Å². The summed E-state index contributed by atoms with van der Waals surface area (Å²) in [6, 6.07) is 3.63. The molecule has 0 amide bonds. The second-order valence-electron chi connectivity index (χ2n) is 4.34. The molecule has 116 valence electrons. The lowest BCUT2D eigenvalue weighted by Gasteiger charge is -2.31. The second-order valence-corrected chi connectivity index (χ2v) is 4.34. The predicted molar refractivity (Wildman–Crippen MR) is 60.6 cm³/mol. The largest absolute Gasteiger partial charge is 0.507 e. The maximum Gasteiger partial charge on any atom is 0.507 e. The van der Waals surface area contributed by atoms with E-state index in [0.717, 1.165) is 6.07 Å². The molecule has 0 saturated heterocycles. The predicted octanol–water partition coefficient (Wildman–Crippen LogP) is 3.86. The number of hydrogen-bond acceptors (Lipinski definition) is 4. The molecule has 22 heavy (non-hydrogen) atoms. The molecule has 9 heteroatoms. The average Bonchev–Trinajstić information content (AvgIpc) is 2.88. The van der Waals surface area contributed by atoms with Gasteiger partial charge in [0.15, 0.2) is 23.5 Å². The molecule has 0 N–H and O–H groups in total. The van der Waals surface area contributed by atoms with E-state index in [4.69, 9.17) is 4.42 Å². The third kappa shape index (κ3) is 2.09. The summed E-state index contributed by atoms with van der Waals surface area (Å²) < 4.78 is 78.7. The number of carbonyl (C=O) groups is 1. The van der Waals surface area contributed by atoms with Gasteiger partial charge in [0.05, 0.1) is 5.56 Å². The van der Waals surface area contributed by atoms with Gasteiger partial charge in [-0.1, -0.05) is 0 Å². The molecule has 2 aromatic rings. The zero-order valence-corrected chi connectivity index (χ0v) is 10.4. The summed E-state index contributed by atoms with van der Waals surface area (Å²) >= 11 is 0. The van der Waals surface area contributed by atoms with Crippen molar-refractivity contribution >= 4 is 6.29 Å². The fraction of sp³-hybridized carbons (Fsp3) is 0.154. The van der Waals surface area contributed by atoms with Gasteiger partial charge in [-0.3, -0.25) is 4.79 Å². The standard InChI is InChI=1S/C13H5F5O4/c14-8-4-11-10(21-12(15,16)13(17,18)22-11)3-7(8)9-2-1-6(5-19)20-9/h1-5H. The lowest BCUT2D eigenvalue weighted by molar-refractivity contribution is -0.391. The Morgan fingerprint density at radius 3 is 2.09 bits per heavy atom. The first-order chi connectivity index (χ1) is 10.2. The number of fused-ring (bicyclic) bond motifs is 1. The van der Waals surface area contributed by atoms with Gasteiger partial charge < -0.3 is 13.9 Å². The number of benzene rings is 1. The molecule has 0 aliphatic carbocycles. The number of alkyl halides is 4. The van der Waals surface area contributed by atoms with Gasteiger partial charge in [-0.25, -0.2) is 4.39 Å². The smallest absolute Gasteiger partial charge is 0.453 e. The fourth-order valence-electron chi connectivity index (χ4n) is 1.84. The number of rotatable bonds is 2. The van der Waals surface area contributed by atoms with Crippen LogP contribution in [-0.4, -0.2) is 18.5 Å². The van der Waals surface area contributed by atoms with Crippen molar-refractivity contribution in [2.24, 2.45) is 0 Å². The van der Waals surface area contributed by atoms with Crippen LogP contribution in [0.5, 0.6) is 11.5 Å². The molecule has 1 aliphatic heterocycles. The monoisotopic (exact) mass is 320 g/mol. The quantitative estimate of drug-likeness (QED) is 0.623. The second kappa shape index (κ2) is 4.46. The molecule has 1 aromatic heterocycles. The van der Waals surface area contributed by atoms with E-state index in [1.54, 1.807) is 0 Å². The Labute approximate surface area is 119 Å². The molecule has 4 nitrogen and oxygen atoms in total. The summed E-state index contributed by atoms with van der Waals surface area (Å²) in [6.45, 7) is 0. The molecule has 1 aromatic carbocycles. The van der Waals surface area contributed by atoms with Crippen molar-refractivity contribution in [3.63, 3.8) is 0 Å². The van der Waals surface area contributed by atoms with Crippen molar-refractivity contribution in [3.8, 4) is 22.8 Å². The molecule has 0 bridgehead atoms. The Kier molecular flexibility index (Phi) is 2.91. The van der Waals surface area contributed by atoms with Crippen molar-refractivity contribution in [3.05, 3.63) is 35.8 Å². The molecular formula is C13H5F5O4. The Morgan fingerprint density at radius 2 is 1.55 bits per heavy atom.